The molecule has 5 nitrogen and oxygen atoms in total. The summed E-state index contributed by atoms with van der Waals surface area (Å²) in [5.41, 5.74) is 1.44. The Balaban J connectivity index is 2.73. The van der Waals surface area contributed by atoms with Crippen molar-refractivity contribution in [3.63, 3.8) is 0 Å². The largest absolute Gasteiger partial charge is 0.531 e. The van der Waals surface area contributed by atoms with E-state index >= 15 is 0 Å². The van der Waals surface area contributed by atoms with Crippen LogP contribution in [0, 0.1) is 0 Å². The predicted molar refractivity (Wildman–Crippen MR) is 109 cm³/mol. The highest BCUT2D eigenvalue weighted by atomic mass is 28.4. The van der Waals surface area contributed by atoms with Crippen LogP contribution in [-0.4, -0.2) is 40.1 Å². The number of methoxy groups -OCH3 is 1. The van der Waals surface area contributed by atoms with Crippen LogP contribution in [0.1, 0.15) is 31.1 Å². The van der Waals surface area contributed by atoms with Gasteiger partial charge in [0.2, 0.25) is 0 Å². The van der Waals surface area contributed by atoms with E-state index in [0.717, 1.165) is 11.5 Å². The third-order valence-electron chi connectivity index (χ3n) is 4.95. The average molecular weight is 375 g/mol. The molecule has 0 radical (unpaired) electrons. The standard InChI is InChI=1S/C20H30N2O3Si/c1-20(2,3)26(7,8)25-17-14-16(19(23)24-6)18(21(4)5)22(17)15-12-10-9-11-13-15/h9-14H,1-8H3. The van der Waals surface area contributed by atoms with E-state index in [1.54, 1.807) is 6.07 Å². The molecule has 0 unspecified atom stereocenters. The number of hydrogen-bond donors (Lipinski definition) is 0. The van der Waals surface area contributed by atoms with Crippen LogP contribution in [0.5, 0.6) is 5.88 Å². The highest BCUT2D eigenvalue weighted by molar-refractivity contribution is 6.74. The molecule has 0 amide bonds. The van der Waals surface area contributed by atoms with Crippen molar-refractivity contribution in [1.82, 2.24) is 4.57 Å². The zero-order valence-corrected chi connectivity index (χ0v) is 18.1. The molecule has 0 fully saturated rings. The van der Waals surface area contributed by atoms with E-state index in [0.29, 0.717) is 11.4 Å². The van der Waals surface area contributed by atoms with Crippen molar-refractivity contribution in [2.45, 2.75) is 38.9 Å². The number of aromatic nitrogens is 1. The summed E-state index contributed by atoms with van der Waals surface area (Å²) < 4.78 is 13.6. The minimum Gasteiger partial charge on any atom is -0.531 e. The van der Waals surface area contributed by atoms with Gasteiger partial charge in [0.1, 0.15) is 11.4 Å². The Morgan fingerprint density at radius 1 is 1.12 bits per heavy atom. The molecule has 0 aliphatic rings. The summed E-state index contributed by atoms with van der Waals surface area (Å²) >= 11 is 0. The summed E-state index contributed by atoms with van der Waals surface area (Å²) in [6.45, 7) is 11.0. The molecule has 1 aromatic heterocycles. The molecule has 0 bridgehead atoms. The Bertz CT molecular complexity index is 774. The highest BCUT2D eigenvalue weighted by Gasteiger charge is 2.40. The van der Waals surface area contributed by atoms with Crippen molar-refractivity contribution >= 4 is 20.1 Å². The van der Waals surface area contributed by atoms with Gasteiger partial charge in [-0.05, 0) is 30.3 Å². The summed E-state index contributed by atoms with van der Waals surface area (Å²) in [6.07, 6.45) is 0. The zero-order chi connectivity index (χ0) is 19.7. The van der Waals surface area contributed by atoms with Crippen LogP contribution in [-0.2, 0) is 4.74 Å². The van der Waals surface area contributed by atoms with Gasteiger partial charge in [0, 0.05) is 20.2 Å². The monoisotopic (exact) mass is 374 g/mol. The molecule has 0 aliphatic heterocycles. The highest BCUT2D eigenvalue weighted by Crippen LogP contribution is 2.41. The van der Waals surface area contributed by atoms with Gasteiger partial charge in [-0.25, -0.2) is 4.79 Å². The molecule has 0 atom stereocenters. The van der Waals surface area contributed by atoms with E-state index in [1.165, 1.54) is 7.11 Å². The van der Waals surface area contributed by atoms with Gasteiger partial charge in [0.05, 0.1) is 12.8 Å². The fraction of sp³-hybridized carbons (Fsp3) is 0.450. The summed E-state index contributed by atoms with van der Waals surface area (Å²) in [7, 11) is 3.14. The van der Waals surface area contributed by atoms with Gasteiger partial charge in [-0.15, -0.1) is 0 Å². The minimum atomic E-state index is -2.09. The fourth-order valence-corrected chi connectivity index (χ4v) is 3.47. The van der Waals surface area contributed by atoms with Crippen LogP contribution in [0.2, 0.25) is 18.1 Å². The van der Waals surface area contributed by atoms with Gasteiger partial charge >= 0.3 is 5.97 Å². The summed E-state index contributed by atoms with van der Waals surface area (Å²) in [5, 5.41) is 0.0441. The van der Waals surface area contributed by atoms with Crippen LogP contribution in [0.4, 0.5) is 5.82 Å². The van der Waals surface area contributed by atoms with Gasteiger partial charge in [0.25, 0.3) is 8.32 Å². The van der Waals surface area contributed by atoms with Crippen LogP contribution < -0.4 is 9.33 Å². The number of benzene rings is 1. The van der Waals surface area contributed by atoms with E-state index in [9.17, 15) is 4.79 Å². The first-order valence-corrected chi connectivity index (χ1v) is 11.7. The maximum atomic E-state index is 12.4. The molecule has 0 spiro atoms. The molecule has 2 rings (SSSR count). The average Bonchev–Trinajstić information content (AvgIpc) is 2.92. The van der Waals surface area contributed by atoms with Crippen LogP contribution in [0.25, 0.3) is 5.69 Å². The smallest absolute Gasteiger partial charge is 0.341 e. The molecule has 0 saturated heterocycles. The van der Waals surface area contributed by atoms with Crippen LogP contribution >= 0.6 is 0 Å². The number of rotatable bonds is 5. The quantitative estimate of drug-likeness (QED) is 0.561. The number of esters is 1. The Morgan fingerprint density at radius 2 is 1.69 bits per heavy atom. The summed E-state index contributed by atoms with van der Waals surface area (Å²) in [6, 6.07) is 11.7. The van der Waals surface area contributed by atoms with Crippen molar-refractivity contribution in [3.05, 3.63) is 42.0 Å². The Hall–Kier alpha value is -2.21. The molecule has 0 N–H and O–H groups in total. The number of ether oxygens (including phenoxy) is 1. The number of carbonyl (C=O) groups excluding carboxylic acids is 1. The lowest BCUT2D eigenvalue weighted by atomic mass is 10.2. The van der Waals surface area contributed by atoms with Crippen molar-refractivity contribution in [2.24, 2.45) is 0 Å². The van der Waals surface area contributed by atoms with Crippen molar-refractivity contribution in [2.75, 3.05) is 26.1 Å². The Kier molecular flexibility index (Phi) is 5.56. The van der Waals surface area contributed by atoms with Gasteiger partial charge in [-0.1, -0.05) is 39.0 Å². The first-order valence-electron chi connectivity index (χ1n) is 8.75. The maximum Gasteiger partial charge on any atom is 0.341 e. The molecular formula is C20H30N2O3Si. The summed E-state index contributed by atoms with van der Waals surface area (Å²) in [4.78, 5) is 14.3. The van der Waals surface area contributed by atoms with E-state index < -0.39 is 8.32 Å². The predicted octanol–water partition coefficient (Wildman–Crippen LogP) is 4.71. The van der Waals surface area contributed by atoms with Gasteiger partial charge in [0.15, 0.2) is 5.88 Å². The number of carbonyl (C=O) groups is 1. The third-order valence-corrected chi connectivity index (χ3v) is 9.28. The fourth-order valence-electron chi connectivity index (χ4n) is 2.49. The normalized spacial score (nSPS) is 12.0. The lowest BCUT2D eigenvalue weighted by Crippen LogP contribution is -2.44. The number of nitrogens with zero attached hydrogens (tertiary/aromatic N) is 2. The SMILES string of the molecule is COC(=O)c1cc(O[Si](C)(C)C(C)(C)C)n(-c2ccccc2)c1N(C)C. The first-order chi connectivity index (χ1) is 12.0. The molecule has 2 aromatic rings. The second-order valence-electron chi connectivity index (χ2n) is 8.14. The lowest BCUT2D eigenvalue weighted by Gasteiger charge is -2.36. The molecule has 1 heterocycles. The van der Waals surface area contributed by atoms with Crippen LogP contribution in [0.3, 0.4) is 0 Å². The second kappa shape index (κ2) is 7.19. The van der Waals surface area contributed by atoms with Crippen molar-refractivity contribution in [3.8, 4) is 11.6 Å². The van der Waals surface area contributed by atoms with E-state index in [2.05, 4.69) is 33.9 Å². The number of hydrogen-bond acceptors (Lipinski definition) is 4. The van der Waals surface area contributed by atoms with E-state index in [4.69, 9.17) is 9.16 Å². The molecule has 6 heteroatoms. The Labute approximate surface area is 157 Å². The van der Waals surface area contributed by atoms with E-state index in [1.807, 2.05) is 53.9 Å². The van der Waals surface area contributed by atoms with Gasteiger partial charge in [-0.3, -0.25) is 4.57 Å². The van der Waals surface area contributed by atoms with E-state index in [-0.39, 0.29) is 11.0 Å². The van der Waals surface area contributed by atoms with Gasteiger partial charge in [-0.2, -0.15) is 0 Å². The number of anilines is 1. The zero-order valence-electron chi connectivity index (χ0n) is 17.1. The molecular weight excluding hydrogens is 344 g/mol. The topological polar surface area (TPSA) is 43.7 Å². The molecule has 142 valence electrons. The number of para-hydroxylation sites is 1. The Morgan fingerprint density at radius 3 is 2.15 bits per heavy atom. The van der Waals surface area contributed by atoms with Gasteiger partial charge < -0.3 is 14.1 Å². The second-order valence-corrected chi connectivity index (χ2v) is 12.9. The maximum absolute atomic E-state index is 12.4. The third kappa shape index (κ3) is 3.80. The van der Waals surface area contributed by atoms with Crippen LogP contribution in [0.15, 0.2) is 36.4 Å². The first kappa shape index (κ1) is 20.1. The van der Waals surface area contributed by atoms with Crippen molar-refractivity contribution < 1.29 is 14.0 Å². The van der Waals surface area contributed by atoms with Crippen molar-refractivity contribution in [1.29, 1.82) is 0 Å². The molecule has 0 aliphatic carbocycles. The molecule has 26 heavy (non-hydrogen) atoms. The minimum absolute atomic E-state index is 0.0441. The molecule has 0 saturated carbocycles. The molecule has 1 aromatic carbocycles. The summed E-state index contributed by atoms with van der Waals surface area (Å²) in [5.74, 6) is 1.05. The lowest BCUT2D eigenvalue weighted by molar-refractivity contribution is 0.0601.